The van der Waals surface area contributed by atoms with Crippen molar-refractivity contribution in [2.75, 3.05) is 11.9 Å². The van der Waals surface area contributed by atoms with Crippen LogP contribution in [0.3, 0.4) is 0 Å². The minimum absolute atomic E-state index is 0.0320. The molecule has 3 N–H and O–H groups in total. The Morgan fingerprint density at radius 2 is 2.00 bits per heavy atom. The molecule has 6 nitrogen and oxygen atoms in total. The number of anilines is 1. The number of nitrogens with two attached hydrogens (primary N) is 1. The van der Waals surface area contributed by atoms with Gasteiger partial charge in [0.1, 0.15) is 5.52 Å². The van der Waals surface area contributed by atoms with E-state index in [1.807, 2.05) is 12.3 Å². The van der Waals surface area contributed by atoms with Gasteiger partial charge in [0.15, 0.2) is 5.82 Å². The Kier molecular flexibility index (Phi) is 3.65. The number of nitrogens with zero attached hydrogens (tertiary/aromatic N) is 3. The zero-order chi connectivity index (χ0) is 15.8. The molecule has 2 aromatic rings. The predicted molar refractivity (Wildman–Crippen MR) is 83.2 cm³/mol. The zero-order valence-electron chi connectivity index (χ0n) is 13.3. The molecule has 1 amide bonds. The molecule has 0 saturated carbocycles. The van der Waals surface area contributed by atoms with Crippen molar-refractivity contribution in [2.45, 2.75) is 40.0 Å². The molecule has 0 bridgehead atoms. The quantitative estimate of drug-likeness (QED) is 0.901. The molecule has 0 aromatic carbocycles. The third-order valence-electron chi connectivity index (χ3n) is 3.52. The minimum atomic E-state index is -0.638. The van der Waals surface area contributed by atoms with Crippen LogP contribution in [0.1, 0.15) is 40.3 Å². The van der Waals surface area contributed by atoms with Crippen molar-refractivity contribution in [1.82, 2.24) is 14.6 Å². The molecule has 21 heavy (non-hydrogen) atoms. The molecular weight excluding hydrogens is 266 g/mol. The van der Waals surface area contributed by atoms with E-state index in [4.69, 9.17) is 5.73 Å². The van der Waals surface area contributed by atoms with Gasteiger partial charge in [0.25, 0.3) is 0 Å². The van der Waals surface area contributed by atoms with Crippen molar-refractivity contribution >= 4 is 17.2 Å². The highest BCUT2D eigenvalue weighted by atomic mass is 16.1. The van der Waals surface area contributed by atoms with Crippen LogP contribution in [0, 0.1) is 5.41 Å². The number of nitrogens with one attached hydrogen (secondary N) is 1. The Morgan fingerprint density at radius 1 is 1.33 bits per heavy atom. The van der Waals surface area contributed by atoms with Crippen LogP contribution in [0.5, 0.6) is 0 Å². The van der Waals surface area contributed by atoms with Gasteiger partial charge in [0, 0.05) is 24.4 Å². The van der Waals surface area contributed by atoms with E-state index >= 15 is 0 Å². The second-order valence-corrected chi connectivity index (χ2v) is 6.99. The maximum Gasteiger partial charge on any atom is 0.224 e. The standard InChI is InChI=1S/C15H23N5O/c1-14(2,3)11-8-10-12(17-6-7-20(10)19-11)18-9-15(4,5)13(16)21/h6-8H,9H2,1-5H3,(H2,16,21)(H,17,18). The highest BCUT2D eigenvalue weighted by Gasteiger charge is 2.25. The van der Waals surface area contributed by atoms with E-state index in [1.54, 1.807) is 24.6 Å². The number of aromatic nitrogens is 3. The Hall–Kier alpha value is -2.11. The van der Waals surface area contributed by atoms with Crippen molar-refractivity contribution in [3.05, 3.63) is 24.2 Å². The molecule has 0 radical (unpaired) electrons. The summed E-state index contributed by atoms with van der Waals surface area (Å²) in [5, 5.41) is 7.77. The molecule has 0 saturated heterocycles. The number of primary amides is 1. The monoisotopic (exact) mass is 289 g/mol. The van der Waals surface area contributed by atoms with Crippen molar-refractivity contribution in [1.29, 1.82) is 0 Å². The SMILES string of the molecule is CC(C)(CNc1nccn2nc(C(C)(C)C)cc12)C(N)=O. The van der Waals surface area contributed by atoms with E-state index in [1.165, 1.54) is 0 Å². The topological polar surface area (TPSA) is 85.3 Å². The van der Waals surface area contributed by atoms with E-state index < -0.39 is 5.41 Å². The third kappa shape index (κ3) is 3.15. The van der Waals surface area contributed by atoms with E-state index in [0.29, 0.717) is 12.4 Å². The first-order chi connectivity index (χ1) is 9.61. The van der Waals surface area contributed by atoms with Crippen molar-refractivity contribution in [2.24, 2.45) is 11.1 Å². The fraction of sp³-hybridized carbons (Fsp3) is 0.533. The normalized spacial score (nSPS) is 12.6. The first-order valence-corrected chi connectivity index (χ1v) is 7.00. The fourth-order valence-electron chi connectivity index (χ4n) is 1.82. The van der Waals surface area contributed by atoms with Crippen LogP contribution in [-0.4, -0.2) is 27.0 Å². The smallest absolute Gasteiger partial charge is 0.224 e. The molecule has 0 atom stereocenters. The van der Waals surface area contributed by atoms with Gasteiger partial charge < -0.3 is 11.1 Å². The molecule has 2 aromatic heterocycles. The second kappa shape index (κ2) is 5.02. The lowest BCUT2D eigenvalue weighted by Crippen LogP contribution is -2.37. The van der Waals surface area contributed by atoms with Gasteiger partial charge in [-0.05, 0) is 19.9 Å². The van der Waals surface area contributed by atoms with Gasteiger partial charge in [-0.15, -0.1) is 0 Å². The number of carbonyl (C=O) groups is 1. The van der Waals surface area contributed by atoms with Crippen LogP contribution in [0.25, 0.3) is 5.52 Å². The van der Waals surface area contributed by atoms with Gasteiger partial charge in [0.05, 0.1) is 11.1 Å². The summed E-state index contributed by atoms with van der Waals surface area (Å²) in [5.41, 5.74) is 6.61. The number of carbonyl (C=O) groups excluding carboxylic acids is 1. The van der Waals surface area contributed by atoms with E-state index in [0.717, 1.165) is 11.2 Å². The molecule has 0 fully saturated rings. The second-order valence-electron chi connectivity index (χ2n) is 6.99. The lowest BCUT2D eigenvalue weighted by Gasteiger charge is -2.21. The number of hydrogen-bond acceptors (Lipinski definition) is 4. The molecule has 0 spiro atoms. The average molecular weight is 289 g/mol. The zero-order valence-corrected chi connectivity index (χ0v) is 13.3. The van der Waals surface area contributed by atoms with Gasteiger partial charge in [-0.25, -0.2) is 9.50 Å². The number of amides is 1. The van der Waals surface area contributed by atoms with Crippen LogP contribution in [-0.2, 0) is 10.2 Å². The summed E-state index contributed by atoms with van der Waals surface area (Å²) in [5.74, 6) is 0.362. The highest BCUT2D eigenvalue weighted by Crippen LogP contribution is 2.25. The molecular formula is C15H23N5O. The lowest BCUT2D eigenvalue weighted by molar-refractivity contribution is -0.125. The summed E-state index contributed by atoms with van der Waals surface area (Å²) >= 11 is 0. The van der Waals surface area contributed by atoms with Crippen molar-refractivity contribution < 1.29 is 4.79 Å². The molecule has 0 aliphatic rings. The first-order valence-electron chi connectivity index (χ1n) is 7.00. The van der Waals surface area contributed by atoms with Gasteiger partial charge >= 0.3 is 0 Å². The maximum atomic E-state index is 11.4. The van der Waals surface area contributed by atoms with E-state index in [2.05, 4.69) is 36.2 Å². The Balaban J connectivity index is 2.33. The average Bonchev–Trinajstić information content (AvgIpc) is 2.80. The van der Waals surface area contributed by atoms with E-state index in [9.17, 15) is 4.79 Å². The molecule has 0 aliphatic carbocycles. The van der Waals surface area contributed by atoms with Gasteiger partial charge in [-0.3, -0.25) is 4.79 Å². The largest absolute Gasteiger partial charge is 0.369 e. The van der Waals surface area contributed by atoms with Gasteiger partial charge in [0.2, 0.25) is 5.91 Å². The molecule has 114 valence electrons. The lowest BCUT2D eigenvalue weighted by atomic mass is 9.92. The van der Waals surface area contributed by atoms with Crippen molar-refractivity contribution in [3.8, 4) is 0 Å². The Labute approximate surface area is 124 Å². The van der Waals surface area contributed by atoms with Crippen molar-refractivity contribution in [3.63, 3.8) is 0 Å². The Bertz CT molecular complexity index is 666. The molecule has 2 heterocycles. The van der Waals surface area contributed by atoms with Gasteiger partial charge in [-0.2, -0.15) is 5.10 Å². The van der Waals surface area contributed by atoms with Crippen LogP contribution in [0.4, 0.5) is 5.82 Å². The van der Waals surface area contributed by atoms with Crippen LogP contribution in [0.2, 0.25) is 0 Å². The molecule has 6 heteroatoms. The predicted octanol–water partition coefficient (Wildman–Crippen LogP) is 1.95. The maximum absolute atomic E-state index is 11.4. The fourth-order valence-corrected chi connectivity index (χ4v) is 1.82. The van der Waals surface area contributed by atoms with Crippen LogP contribution < -0.4 is 11.1 Å². The summed E-state index contributed by atoms with van der Waals surface area (Å²) in [4.78, 5) is 15.7. The Morgan fingerprint density at radius 3 is 2.57 bits per heavy atom. The van der Waals surface area contributed by atoms with Crippen LogP contribution in [0.15, 0.2) is 18.5 Å². The molecule has 0 unspecified atom stereocenters. The first kappa shape index (κ1) is 15.3. The third-order valence-corrected chi connectivity index (χ3v) is 3.52. The molecule has 0 aliphatic heterocycles. The van der Waals surface area contributed by atoms with E-state index in [-0.39, 0.29) is 11.3 Å². The summed E-state index contributed by atoms with van der Waals surface area (Å²) in [7, 11) is 0. The number of hydrogen-bond donors (Lipinski definition) is 2. The highest BCUT2D eigenvalue weighted by molar-refractivity contribution is 5.81. The summed E-state index contributed by atoms with van der Waals surface area (Å²) in [6, 6.07) is 2.02. The summed E-state index contributed by atoms with van der Waals surface area (Å²) < 4.78 is 1.80. The molecule has 2 rings (SSSR count). The van der Waals surface area contributed by atoms with Gasteiger partial charge in [-0.1, -0.05) is 20.8 Å². The minimum Gasteiger partial charge on any atom is -0.369 e. The summed E-state index contributed by atoms with van der Waals surface area (Å²) in [6.45, 7) is 10.4. The number of rotatable bonds is 4. The number of fused-ring (bicyclic) bond motifs is 1. The summed E-state index contributed by atoms with van der Waals surface area (Å²) in [6.07, 6.45) is 3.50. The van der Waals surface area contributed by atoms with Crippen LogP contribution >= 0.6 is 0 Å².